The van der Waals surface area contributed by atoms with Crippen molar-refractivity contribution in [1.82, 2.24) is 0 Å². The number of hydrogen-bond acceptors (Lipinski definition) is 1. The fourth-order valence-corrected chi connectivity index (χ4v) is 1.58. The molecule has 82 valence electrons. The predicted octanol–water partition coefficient (Wildman–Crippen LogP) is 3.49. The third-order valence-electron chi connectivity index (χ3n) is 2.00. The lowest BCUT2D eigenvalue weighted by Crippen LogP contribution is -2.13. The van der Waals surface area contributed by atoms with Crippen molar-refractivity contribution in [2.45, 2.75) is 19.8 Å². The number of alkyl halides is 2. The van der Waals surface area contributed by atoms with Crippen molar-refractivity contribution < 1.29 is 18.0 Å². The van der Waals surface area contributed by atoms with Gasteiger partial charge in [0.25, 0.3) is 0 Å². The summed E-state index contributed by atoms with van der Waals surface area (Å²) in [5, 5.41) is -0.220. The molecular formula is C10H8ClF3O. The number of carbonyl (C=O) groups excluding carboxylic acids is 1. The highest BCUT2D eigenvalue weighted by Gasteiger charge is 2.25. The van der Waals surface area contributed by atoms with Crippen LogP contribution in [-0.2, 0) is 6.42 Å². The molecule has 0 unspecified atom stereocenters. The van der Waals surface area contributed by atoms with Gasteiger partial charge in [0.1, 0.15) is 5.82 Å². The zero-order valence-electron chi connectivity index (χ0n) is 7.86. The standard InChI is InChI=1S/C10H8ClF3O/c1-2-5-3-4-6(12)7(8(5)11)9(15)10(13)14/h3-4,10H,2H2,1H3. The van der Waals surface area contributed by atoms with Crippen LogP contribution in [0.2, 0.25) is 5.02 Å². The van der Waals surface area contributed by atoms with E-state index in [0.717, 1.165) is 6.07 Å². The predicted molar refractivity (Wildman–Crippen MR) is 51.1 cm³/mol. The van der Waals surface area contributed by atoms with Gasteiger partial charge in [-0.3, -0.25) is 4.79 Å². The summed E-state index contributed by atoms with van der Waals surface area (Å²) in [5.41, 5.74) is -0.243. The summed E-state index contributed by atoms with van der Waals surface area (Å²) < 4.78 is 37.4. The first-order valence-electron chi connectivity index (χ1n) is 4.28. The maximum atomic E-state index is 13.1. The van der Waals surface area contributed by atoms with Crippen LogP contribution in [0.15, 0.2) is 12.1 Å². The van der Waals surface area contributed by atoms with Crippen LogP contribution in [0.3, 0.4) is 0 Å². The van der Waals surface area contributed by atoms with Gasteiger partial charge in [-0.05, 0) is 18.1 Å². The zero-order chi connectivity index (χ0) is 11.6. The first kappa shape index (κ1) is 12.0. The molecule has 0 aliphatic rings. The first-order valence-corrected chi connectivity index (χ1v) is 4.66. The van der Waals surface area contributed by atoms with Gasteiger partial charge in [-0.2, -0.15) is 0 Å². The van der Waals surface area contributed by atoms with E-state index in [1.54, 1.807) is 6.92 Å². The Labute approximate surface area is 89.9 Å². The quantitative estimate of drug-likeness (QED) is 0.735. The Morgan fingerprint density at radius 1 is 1.47 bits per heavy atom. The second kappa shape index (κ2) is 4.66. The molecule has 0 aromatic heterocycles. The topological polar surface area (TPSA) is 17.1 Å². The van der Waals surface area contributed by atoms with Crippen molar-refractivity contribution in [2.24, 2.45) is 0 Å². The number of halogens is 4. The molecule has 0 heterocycles. The lowest BCUT2D eigenvalue weighted by Gasteiger charge is -2.08. The van der Waals surface area contributed by atoms with Crippen LogP contribution >= 0.6 is 11.6 Å². The largest absolute Gasteiger partial charge is 0.300 e. The van der Waals surface area contributed by atoms with E-state index in [-0.39, 0.29) is 5.02 Å². The van der Waals surface area contributed by atoms with E-state index in [1.165, 1.54) is 6.07 Å². The molecule has 0 aliphatic heterocycles. The van der Waals surface area contributed by atoms with Gasteiger partial charge in [-0.1, -0.05) is 24.6 Å². The average molecular weight is 237 g/mol. The zero-order valence-corrected chi connectivity index (χ0v) is 8.62. The van der Waals surface area contributed by atoms with Crippen molar-refractivity contribution in [2.75, 3.05) is 0 Å². The van der Waals surface area contributed by atoms with E-state index >= 15 is 0 Å². The van der Waals surface area contributed by atoms with Gasteiger partial charge in [0.2, 0.25) is 5.78 Å². The number of Topliss-reactive ketones (excluding diaryl/α,β-unsaturated/α-hetero) is 1. The number of carbonyl (C=O) groups is 1. The molecule has 1 rings (SSSR count). The van der Waals surface area contributed by atoms with Gasteiger partial charge in [0, 0.05) is 0 Å². The van der Waals surface area contributed by atoms with Crippen molar-refractivity contribution in [1.29, 1.82) is 0 Å². The van der Waals surface area contributed by atoms with E-state index in [2.05, 4.69) is 0 Å². The molecule has 0 bridgehead atoms. The van der Waals surface area contributed by atoms with Crippen LogP contribution in [0, 0.1) is 5.82 Å². The maximum Gasteiger partial charge on any atom is 0.300 e. The molecule has 0 atom stereocenters. The van der Waals surface area contributed by atoms with Gasteiger partial charge in [0.15, 0.2) is 0 Å². The fourth-order valence-electron chi connectivity index (χ4n) is 1.20. The molecule has 1 aromatic carbocycles. The summed E-state index contributed by atoms with van der Waals surface area (Å²) in [6.07, 6.45) is -2.80. The second-order valence-electron chi connectivity index (χ2n) is 2.91. The van der Waals surface area contributed by atoms with E-state index < -0.39 is 23.6 Å². The highest BCUT2D eigenvalue weighted by Crippen LogP contribution is 2.26. The number of aryl methyl sites for hydroxylation is 1. The Morgan fingerprint density at radius 3 is 2.53 bits per heavy atom. The van der Waals surface area contributed by atoms with Crippen molar-refractivity contribution in [3.8, 4) is 0 Å². The molecule has 0 spiro atoms. The first-order chi connectivity index (χ1) is 6.99. The van der Waals surface area contributed by atoms with Crippen molar-refractivity contribution >= 4 is 17.4 Å². The van der Waals surface area contributed by atoms with E-state index in [4.69, 9.17) is 11.6 Å². The van der Waals surface area contributed by atoms with E-state index in [0.29, 0.717) is 12.0 Å². The Morgan fingerprint density at radius 2 is 2.07 bits per heavy atom. The fraction of sp³-hybridized carbons (Fsp3) is 0.300. The average Bonchev–Trinajstić information content (AvgIpc) is 2.17. The Hall–Kier alpha value is -1.03. The molecule has 0 saturated heterocycles. The molecule has 1 nitrogen and oxygen atoms in total. The minimum atomic E-state index is -3.25. The number of hydrogen-bond donors (Lipinski definition) is 0. The second-order valence-corrected chi connectivity index (χ2v) is 3.29. The molecule has 0 saturated carbocycles. The maximum absolute atomic E-state index is 13.1. The number of benzene rings is 1. The SMILES string of the molecule is CCc1ccc(F)c(C(=O)C(F)F)c1Cl. The van der Waals surface area contributed by atoms with Gasteiger partial charge < -0.3 is 0 Å². The molecule has 0 radical (unpaired) electrons. The van der Waals surface area contributed by atoms with Crippen LogP contribution in [-0.4, -0.2) is 12.2 Å². The van der Waals surface area contributed by atoms with Crippen LogP contribution in [0.25, 0.3) is 0 Å². The van der Waals surface area contributed by atoms with Crippen LogP contribution in [0.1, 0.15) is 22.8 Å². The van der Waals surface area contributed by atoms with Gasteiger partial charge >= 0.3 is 6.43 Å². The minimum Gasteiger partial charge on any atom is -0.288 e. The van der Waals surface area contributed by atoms with Gasteiger partial charge in [-0.15, -0.1) is 0 Å². The lowest BCUT2D eigenvalue weighted by atomic mass is 10.0. The Balaban J connectivity index is 3.33. The summed E-state index contributed by atoms with van der Waals surface area (Å²) in [7, 11) is 0. The van der Waals surface area contributed by atoms with Crippen molar-refractivity contribution in [3.05, 3.63) is 34.1 Å². The summed E-state index contributed by atoms with van der Waals surface area (Å²) in [4.78, 5) is 11.0. The lowest BCUT2D eigenvalue weighted by molar-refractivity contribution is 0.0674. The molecule has 0 N–H and O–H groups in total. The van der Waals surface area contributed by atoms with Gasteiger partial charge in [-0.25, -0.2) is 13.2 Å². The molecule has 0 fully saturated rings. The molecular weight excluding hydrogens is 229 g/mol. The smallest absolute Gasteiger partial charge is 0.288 e. The van der Waals surface area contributed by atoms with Crippen LogP contribution in [0.5, 0.6) is 0 Å². The Kier molecular flexibility index (Phi) is 3.74. The van der Waals surface area contributed by atoms with Crippen LogP contribution < -0.4 is 0 Å². The minimum absolute atomic E-state index is 0.220. The summed E-state index contributed by atoms with van der Waals surface area (Å²) in [6, 6.07) is 2.35. The molecule has 0 aliphatic carbocycles. The Bertz CT molecular complexity index is 390. The molecule has 0 amide bonds. The van der Waals surface area contributed by atoms with E-state index in [1.807, 2.05) is 0 Å². The normalized spacial score (nSPS) is 10.8. The summed E-state index contributed by atoms with van der Waals surface area (Å²) in [5.74, 6) is -2.59. The molecule has 5 heteroatoms. The monoisotopic (exact) mass is 236 g/mol. The molecule has 1 aromatic rings. The highest BCUT2D eigenvalue weighted by molar-refractivity contribution is 6.34. The summed E-state index contributed by atoms with van der Waals surface area (Å²) >= 11 is 5.66. The van der Waals surface area contributed by atoms with E-state index in [9.17, 15) is 18.0 Å². The number of ketones is 1. The summed E-state index contributed by atoms with van der Waals surface area (Å²) in [6.45, 7) is 1.73. The molecule has 15 heavy (non-hydrogen) atoms. The van der Waals surface area contributed by atoms with Crippen LogP contribution in [0.4, 0.5) is 13.2 Å². The highest BCUT2D eigenvalue weighted by atomic mass is 35.5. The van der Waals surface area contributed by atoms with Gasteiger partial charge in [0.05, 0.1) is 10.6 Å². The van der Waals surface area contributed by atoms with Crippen molar-refractivity contribution in [3.63, 3.8) is 0 Å². The number of rotatable bonds is 3. The third kappa shape index (κ3) is 2.31. The third-order valence-corrected chi connectivity index (χ3v) is 2.43.